The van der Waals surface area contributed by atoms with E-state index in [1.165, 1.54) is 12.1 Å². The first-order valence-electron chi connectivity index (χ1n) is 12.3. The fourth-order valence-corrected chi connectivity index (χ4v) is 4.81. The summed E-state index contributed by atoms with van der Waals surface area (Å²) >= 11 is 0. The predicted molar refractivity (Wildman–Crippen MR) is 141 cm³/mol. The summed E-state index contributed by atoms with van der Waals surface area (Å²) < 4.78 is 5.75. The van der Waals surface area contributed by atoms with Gasteiger partial charge in [0.1, 0.15) is 5.69 Å². The molecule has 0 amide bonds. The van der Waals surface area contributed by atoms with Crippen molar-refractivity contribution in [3.05, 3.63) is 106 Å². The number of Topliss-reactive ketones (excluding diaryl/α,β-unsaturated/α-hetero) is 1. The molecule has 0 unspecified atom stereocenters. The van der Waals surface area contributed by atoms with Crippen LogP contribution >= 0.6 is 0 Å². The Labute approximate surface area is 214 Å². The van der Waals surface area contributed by atoms with E-state index < -0.39 is 17.0 Å². The Balaban J connectivity index is 1.46. The third-order valence-electron chi connectivity index (χ3n) is 6.95. The van der Waals surface area contributed by atoms with Crippen molar-refractivity contribution in [2.24, 2.45) is 5.92 Å². The number of hydrogen-bond acceptors (Lipinski definition) is 6. The number of nitrogens with one attached hydrogen (secondary N) is 1. The summed E-state index contributed by atoms with van der Waals surface area (Å²) in [5.74, 6) is -0.608. The van der Waals surface area contributed by atoms with Crippen LogP contribution in [0.15, 0.2) is 79.0 Å². The Hall–Kier alpha value is -4.46. The number of ketones is 1. The molecular formula is C29H27N3O5. The van der Waals surface area contributed by atoms with Gasteiger partial charge in [0.15, 0.2) is 6.10 Å². The lowest BCUT2D eigenvalue weighted by molar-refractivity contribution is -0.384. The van der Waals surface area contributed by atoms with Gasteiger partial charge in [-0.05, 0) is 37.0 Å². The lowest BCUT2D eigenvalue weighted by Crippen LogP contribution is -2.33. The summed E-state index contributed by atoms with van der Waals surface area (Å²) in [7, 11) is 0. The van der Waals surface area contributed by atoms with Crippen molar-refractivity contribution in [3.8, 4) is 0 Å². The molecule has 37 heavy (non-hydrogen) atoms. The van der Waals surface area contributed by atoms with Gasteiger partial charge in [-0.1, -0.05) is 55.5 Å². The third-order valence-corrected chi connectivity index (χ3v) is 6.95. The fourth-order valence-electron chi connectivity index (χ4n) is 4.81. The quantitative estimate of drug-likeness (QED) is 0.143. The second-order valence-electron chi connectivity index (χ2n) is 9.44. The van der Waals surface area contributed by atoms with Crippen LogP contribution in [0.3, 0.4) is 0 Å². The van der Waals surface area contributed by atoms with Crippen LogP contribution in [0.5, 0.6) is 0 Å². The molecule has 0 aliphatic carbocycles. The molecule has 1 aromatic heterocycles. The molecular weight excluding hydrogens is 470 g/mol. The number of H-pyrrole nitrogens is 1. The van der Waals surface area contributed by atoms with Crippen LogP contribution < -0.4 is 4.90 Å². The molecule has 1 atom stereocenters. The van der Waals surface area contributed by atoms with Crippen molar-refractivity contribution in [2.45, 2.75) is 25.9 Å². The molecule has 1 saturated heterocycles. The van der Waals surface area contributed by atoms with Gasteiger partial charge in [0.05, 0.1) is 10.5 Å². The number of carbonyl (C=O) groups excluding carboxylic acids is 2. The maximum atomic E-state index is 13.6. The molecule has 0 radical (unpaired) electrons. The van der Waals surface area contributed by atoms with E-state index in [2.05, 4.69) is 11.9 Å². The number of nitro groups is 1. The second kappa shape index (κ2) is 10.3. The molecule has 1 aliphatic heterocycles. The van der Waals surface area contributed by atoms with Gasteiger partial charge in [-0.3, -0.25) is 14.9 Å². The summed E-state index contributed by atoms with van der Waals surface area (Å²) in [4.78, 5) is 43.4. The first-order valence-corrected chi connectivity index (χ1v) is 12.3. The lowest BCUT2D eigenvalue weighted by Gasteiger charge is -2.31. The van der Waals surface area contributed by atoms with Crippen LogP contribution in [0.2, 0.25) is 0 Å². The Morgan fingerprint density at radius 2 is 1.73 bits per heavy atom. The highest BCUT2D eigenvalue weighted by atomic mass is 16.6. The number of esters is 1. The summed E-state index contributed by atoms with van der Waals surface area (Å²) in [5, 5.41) is 12.6. The van der Waals surface area contributed by atoms with Gasteiger partial charge in [-0.2, -0.15) is 0 Å². The first kappa shape index (κ1) is 24.2. The lowest BCUT2D eigenvalue weighted by atomic mass is 9.98. The van der Waals surface area contributed by atoms with Crippen LogP contribution in [-0.4, -0.2) is 34.7 Å². The number of aromatic nitrogens is 1. The summed E-state index contributed by atoms with van der Waals surface area (Å²) in [5.41, 5.74) is 2.07. The zero-order valence-electron chi connectivity index (χ0n) is 20.4. The fraction of sp³-hybridized carbons (Fsp3) is 0.241. The van der Waals surface area contributed by atoms with Gasteiger partial charge in [-0.25, -0.2) is 4.79 Å². The second-order valence-corrected chi connectivity index (χ2v) is 9.44. The van der Waals surface area contributed by atoms with E-state index in [0.717, 1.165) is 36.8 Å². The average molecular weight is 498 g/mol. The molecule has 8 nitrogen and oxygen atoms in total. The van der Waals surface area contributed by atoms with Gasteiger partial charge in [0, 0.05) is 47.4 Å². The zero-order valence-corrected chi connectivity index (χ0v) is 20.4. The highest BCUT2D eigenvalue weighted by Crippen LogP contribution is 2.34. The SMILES string of the molecule is CC1CCN(c2ccc(C(=O)O[C@H](C(=O)c3c[nH]c4ccccc34)c3ccccc3)cc2[N+](=O)[O-])CC1. The number of hydrogen-bond donors (Lipinski definition) is 1. The van der Waals surface area contributed by atoms with Gasteiger partial charge < -0.3 is 14.6 Å². The van der Waals surface area contributed by atoms with E-state index in [9.17, 15) is 19.7 Å². The normalized spacial score (nSPS) is 14.9. The number of nitro benzene ring substituents is 1. The Morgan fingerprint density at radius 3 is 2.46 bits per heavy atom. The van der Waals surface area contributed by atoms with Crippen LogP contribution in [0, 0.1) is 16.0 Å². The topological polar surface area (TPSA) is 106 Å². The van der Waals surface area contributed by atoms with Crippen LogP contribution in [-0.2, 0) is 4.74 Å². The zero-order chi connectivity index (χ0) is 25.9. The van der Waals surface area contributed by atoms with Crippen molar-refractivity contribution in [2.75, 3.05) is 18.0 Å². The minimum absolute atomic E-state index is 0.0217. The third kappa shape index (κ3) is 4.95. The standard InChI is InChI=1S/C29H27N3O5/c1-19-13-15-31(16-14-19)25-12-11-21(17-26(25)32(35)36)29(34)37-28(20-7-3-2-4-8-20)27(33)23-18-30-24-10-6-5-9-22(23)24/h2-12,17-19,28,30H,13-16H2,1H3/t28-/m0/s1. The first-order chi connectivity index (χ1) is 17.9. The predicted octanol–water partition coefficient (Wildman–Crippen LogP) is 6.09. The molecule has 1 aliphatic rings. The number of aromatic amines is 1. The molecule has 0 spiro atoms. The summed E-state index contributed by atoms with van der Waals surface area (Å²) in [6.45, 7) is 3.62. The van der Waals surface area contributed by atoms with E-state index in [0.29, 0.717) is 22.7 Å². The van der Waals surface area contributed by atoms with Crippen molar-refractivity contribution in [1.29, 1.82) is 0 Å². The molecule has 1 fully saturated rings. The van der Waals surface area contributed by atoms with Crippen molar-refractivity contribution in [1.82, 2.24) is 4.98 Å². The van der Waals surface area contributed by atoms with Gasteiger partial charge in [0.2, 0.25) is 5.78 Å². The Morgan fingerprint density at radius 1 is 1.03 bits per heavy atom. The van der Waals surface area contributed by atoms with Crippen molar-refractivity contribution >= 4 is 34.0 Å². The van der Waals surface area contributed by atoms with Gasteiger partial charge >= 0.3 is 5.97 Å². The molecule has 4 aromatic rings. The number of nitrogens with zero attached hydrogens (tertiary/aromatic N) is 2. The van der Waals surface area contributed by atoms with Crippen LogP contribution in [0.25, 0.3) is 10.9 Å². The summed E-state index contributed by atoms with van der Waals surface area (Å²) in [6, 6.07) is 20.5. The molecule has 0 bridgehead atoms. The summed E-state index contributed by atoms with van der Waals surface area (Å²) in [6.07, 6.45) is 2.30. The maximum Gasteiger partial charge on any atom is 0.339 e. The smallest absolute Gasteiger partial charge is 0.339 e. The molecule has 3 aromatic carbocycles. The van der Waals surface area contributed by atoms with Gasteiger partial charge in [0.25, 0.3) is 5.69 Å². The van der Waals surface area contributed by atoms with E-state index in [1.54, 1.807) is 36.5 Å². The Bertz CT molecular complexity index is 1450. The average Bonchev–Trinajstić information content (AvgIpc) is 3.36. The molecule has 1 N–H and O–H groups in total. The molecule has 2 heterocycles. The van der Waals surface area contributed by atoms with Crippen LogP contribution in [0.1, 0.15) is 52.1 Å². The minimum Gasteiger partial charge on any atom is -0.445 e. The Kier molecular flexibility index (Phi) is 6.72. The highest BCUT2D eigenvalue weighted by molar-refractivity contribution is 6.11. The number of anilines is 1. The monoisotopic (exact) mass is 497 g/mol. The van der Waals surface area contributed by atoms with E-state index in [4.69, 9.17) is 4.74 Å². The largest absolute Gasteiger partial charge is 0.445 e. The molecule has 8 heteroatoms. The van der Waals surface area contributed by atoms with Crippen molar-refractivity contribution < 1.29 is 19.2 Å². The van der Waals surface area contributed by atoms with Crippen LogP contribution in [0.4, 0.5) is 11.4 Å². The van der Waals surface area contributed by atoms with Gasteiger partial charge in [-0.15, -0.1) is 0 Å². The van der Waals surface area contributed by atoms with Crippen molar-refractivity contribution in [3.63, 3.8) is 0 Å². The number of benzene rings is 3. The number of para-hydroxylation sites is 1. The molecule has 0 saturated carbocycles. The number of fused-ring (bicyclic) bond motifs is 1. The number of rotatable bonds is 7. The number of piperidine rings is 1. The maximum absolute atomic E-state index is 13.6. The van der Waals surface area contributed by atoms with E-state index in [1.807, 2.05) is 35.2 Å². The number of carbonyl (C=O) groups is 2. The molecule has 188 valence electrons. The van der Waals surface area contributed by atoms with E-state index >= 15 is 0 Å². The number of ether oxygens (including phenoxy) is 1. The van der Waals surface area contributed by atoms with E-state index in [-0.39, 0.29) is 17.0 Å². The highest BCUT2D eigenvalue weighted by Gasteiger charge is 2.30. The minimum atomic E-state index is -1.21. The molecule has 5 rings (SSSR count).